The van der Waals surface area contributed by atoms with E-state index in [4.69, 9.17) is 4.42 Å². The zero-order valence-corrected chi connectivity index (χ0v) is 20.6. The maximum Gasteiger partial charge on any atom is 0.324 e. The molecule has 0 aliphatic carbocycles. The molecule has 4 aromatic rings. The molecule has 0 radical (unpaired) electrons. The van der Waals surface area contributed by atoms with Crippen LogP contribution in [0.25, 0.3) is 22.4 Å². The number of alkyl halides is 2. The highest BCUT2D eigenvalue weighted by Crippen LogP contribution is 2.29. The number of amides is 2. The third-order valence-corrected chi connectivity index (χ3v) is 6.50. The third kappa shape index (κ3) is 5.03. The van der Waals surface area contributed by atoms with E-state index < -0.39 is 18.1 Å². The van der Waals surface area contributed by atoms with Gasteiger partial charge >= 0.3 is 12.5 Å². The van der Waals surface area contributed by atoms with Crippen molar-refractivity contribution in [1.29, 1.82) is 0 Å². The molecule has 2 aromatic heterocycles. The first kappa shape index (κ1) is 24.8. The molecule has 1 saturated heterocycles. The number of anilines is 1. The van der Waals surface area contributed by atoms with Crippen LogP contribution < -0.4 is 4.90 Å². The normalized spacial score (nSPS) is 14.2. The number of hydrogen-bond acceptors (Lipinski definition) is 5. The number of benzene rings is 2. The Morgan fingerprint density at radius 1 is 1.08 bits per heavy atom. The number of rotatable bonds is 6. The summed E-state index contributed by atoms with van der Waals surface area (Å²) < 4.78 is 47.7. The SMILES string of the molecule is CC(C)n1ncc2ccc(N(Cc3ccc(-c4nnc(C(F)F)o4)cc3F)C(=O)N3CCCCC3)cc21. The first-order valence-electron chi connectivity index (χ1n) is 12.3. The number of piperidine rings is 1. The number of urea groups is 1. The Bertz CT molecular complexity index is 1410. The lowest BCUT2D eigenvalue weighted by Crippen LogP contribution is -2.45. The Morgan fingerprint density at radius 2 is 1.86 bits per heavy atom. The Labute approximate surface area is 211 Å². The fourth-order valence-corrected chi connectivity index (χ4v) is 4.55. The molecule has 11 heteroatoms. The van der Waals surface area contributed by atoms with Crippen LogP contribution in [0.3, 0.4) is 0 Å². The predicted octanol–water partition coefficient (Wildman–Crippen LogP) is 6.36. The van der Waals surface area contributed by atoms with Crippen LogP contribution in [0.2, 0.25) is 0 Å². The van der Waals surface area contributed by atoms with Gasteiger partial charge in [-0.2, -0.15) is 13.9 Å². The second-order valence-corrected chi connectivity index (χ2v) is 9.39. The topological polar surface area (TPSA) is 80.3 Å². The van der Waals surface area contributed by atoms with Crippen molar-refractivity contribution in [2.75, 3.05) is 18.0 Å². The molecular weight excluding hydrogens is 485 g/mol. The quantitative estimate of drug-likeness (QED) is 0.301. The molecule has 0 unspecified atom stereocenters. The average Bonchev–Trinajstić information content (AvgIpc) is 3.56. The maximum atomic E-state index is 15.3. The Balaban J connectivity index is 1.49. The summed E-state index contributed by atoms with van der Waals surface area (Å²) in [6, 6.07) is 9.75. The summed E-state index contributed by atoms with van der Waals surface area (Å²) in [4.78, 5) is 17.0. The minimum atomic E-state index is -2.91. The van der Waals surface area contributed by atoms with E-state index in [-0.39, 0.29) is 35.6 Å². The van der Waals surface area contributed by atoms with Gasteiger partial charge < -0.3 is 9.32 Å². The summed E-state index contributed by atoms with van der Waals surface area (Å²) in [5.74, 6) is -1.64. The van der Waals surface area contributed by atoms with Crippen molar-refractivity contribution in [3.63, 3.8) is 0 Å². The van der Waals surface area contributed by atoms with E-state index in [0.29, 0.717) is 18.8 Å². The molecule has 1 aliphatic rings. The average molecular weight is 513 g/mol. The van der Waals surface area contributed by atoms with Crippen LogP contribution in [-0.4, -0.2) is 44.0 Å². The third-order valence-electron chi connectivity index (χ3n) is 6.50. The molecular formula is C26H27F3N6O2. The van der Waals surface area contributed by atoms with Crippen LogP contribution >= 0.6 is 0 Å². The zero-order chi connectivity index (χ0) is 26.1. The van der Waals surface area contributed by atoms with Gasteiger partial charge in [-0.05, 0) is 63.4 Å². The minimum absolute atomic E-state index is 0.0190. The minimum Gasteiger partial charge on any atom is -0.415 e. The van der Waals surface area contributed by atoms with Gasteiger partial charge in [0.25, 0.3) is 5.89 Å². The van der Waals surface area contributed by atoms with Crippen molar-refractivity contribution in [2.45, 2.75) is 52.1 Å². The van der Waals surface area contributed by atoms with Crippen molar-refractivity contribution in [3.05, 3.63) is 59.9 Å². The summed E-state index contributed by atoms with van der Waals surface area (Å²) in [6.07, 6.45) is 1.79. The largest absolute Gasteiger partial charge is 0.415 e. The van der Waals surface area contributed by atoms with Crippen molar-refractivity contribution in [1.82, 2.24) is 24.9 Å². The van der Waals surface area contributed by atoms with Crippen LogP contribution in [0.5, 0.6) is 0 Å². The lowest BCUT2D eigenvalue weighted by atomic mass is 10.1. The first-order valence-corrected chi connectivity index (χ1v) is 12.3. The molecule has 8 nitrogen and oxygen atoms in total. The fourth-order valence-electron chi connectivity index (χ4n) is 4.55. The second kappa shape index (κ2) is 10.2. The number of carbonyl (C=O) groups excluding carboxylic acids is 1. The molecule has 194 valence electrons. The number of fused-ring (bicyclic) bond motifs is 1. The van der Waals surface area contributed by atoms with E-state index >= 15 is 4.39 Å². The van der Waals surface area contributed by atoms with E-state index in [2.05, 4.69) is 15.3 Å². The molecule has 0 spiro atoms. The maximum absolute atomic E-state index is 15.3. The molecule has 5 rings (SSSR count). The van der Waals surface area contributed by atoms with Gasteiger partial charge in [-0.15, -0.1) is 10.2 Å². The van der Waals surface area contributed by atoms with Crippen molar-refractivity contribution in [3.8, 4) is 11.5 Å². The molecule has 0 N–H and O–H groups in total. The summed E-state index contributed by atoms with van der Waals surface area (Å²) in [5.41, 5.74) is 1.95. The lowest BCUT2D eigenvalue weighted by molar-refractivity contribution is 0.116. The van der Waals surface area contributed by atoms with Crippen molar-refractivity contribution in [2.24, 2.45) is 0 Å². The first-order chi connectivity index (χ1) is 17.8. The van der Waals surface area contributed by atoms with Gasteiger partial charge in [0.1, 0.15) is 5.82 Å². The molecule has 1 fully saturated rings. The highest BCUT2D eigenvalue weighted by atomic mass is 19.3. The number of hydrogen-bond donors (Lipinski definition) is 0. The van der Waals surface area contributed by atoms with Crippen LogP contribution in [-0.2, 0) is 6.54 Å². The lowest BCUT2D eigenvalue weighted by Gasteiger charge is -2.33. The van der Waals surface area contributed by atoms with Gasteiger partial charge in [0, 0.05) is 41.3 Å². The number of carbonyl (C=O) groups is 1. The van der Waals surface area contributed by atoms with Crippen LogP contribution in [0.4, 0.5) is 23.7 Å². The van der Waals surface area contributed by atoms with Crippen LogP contribution in [0.1, 0.15) is 57.0 Å². The molecule has 37 heavy (non-hydrogen) atoms. The number of nitrogens with zero attached hydrogens (tertiary/aromatic N) is 6. The summed E-state index contributed by atoms with van der Waals surface area (Å²) >= 11 is 0. The number of likely N-dealkylation sites (tertiary alicyclic amines) is 1. The van der Waals surface area contributed by atoms with E-state index in [1.54, 1.807) is 16.0 Å². The van der Waals surface area contributed by atoms with Crippen molar-refractivity contribution < 1.29 is 22.4 Å². The molecule has 0 saturated carbocycles. The van der Waals surface area contributed by atoms with Gasteiger partial charge in [0.15, 0.2) is 0 Å². The van der Waals surface area contributed by atoms with Gasteiger partial charge in [-0.1, -0.05) is 6.07 Å². The zero-order valence-electron chi connectivity index (χ0n) is 20.6. The van der Waals surface area contributed by atoms with Crippen LogP contribution in [0.15, 0.2) is 47.0 Å². The van der Waals surface area contributed by atoms with E-state index in [9.17, 15) is 13.6 Å². The van der Waals surface area contributed by atoms with Gasteiger partial charge in [-0.3, -0.25) is 9.58 Å². The Hall–Kier alpha value is -3.89. The van der Waals surface area contributed by atoms with Gasteiger partial charge in [0.05, 0.1) is 18.3 Å². The van der Waals surface area contributed by atoms with Gasteiger partial charge in [-0.25, -0.2) is 9.18 Å². The number of aromatic nitrogens is 4. The summed E-state index contributed by atoms with van der Waals surface area (Å²) in [6.45, 7) is 5.33. The molecule has 1 aliphatic heterocycles. The molecule has 2 amide bonds. The van der Waals surface area contributed by atoms with E-state index in [1.807, 2.05) is 36.7 Å². The molecule has 0 bridgehead atoms. The standard InChI is InChI=1S/C26H27F3N6O2/c1-16(2)35-22-13-20(9-8-18(22)14-30-35)34(26(36)33-10-4-3-5-11-33)15-19-7-6-17(12-21(19)27)24-31-32-25(37-24)23(28)29/h6-9,12-14,16,23H,3-5,10-11,15H2,1-2H3. The Morgan fingerprint density at radius 3 is 2.54 bits per heavy atom. The molecule has 0 atom stereocenters. The Kier molecular flexibility index (Phi) is 6.86. The summed E-state index contributed by atoms with van der Waals surface area (Å²) in [7, 11) is 0. The highest BCUT2D eigenvalue weighted by molar-refractivity contribution is 5.94. The van der Waals surface area contributed by atoms with Crippen LogP contribution in [0, 0.1) is 5.82 Å². The van der Waals surface area contributed by atoms with E-state index in [0.717, 1.165) is 36.2 Å². The monoisotopic (exact) mass is 512 g/mol. The second-order valence-electron chi connectivity index (χ2n) is 9.39. The predicted molar refractivity (Wildman–Crippen MR) is 132 cm³/mol. The molecule has 2 aromatic carbocycles. The highest BCUT2D eigenvalue weighted by Gasteiger charge is 2.26. The smallest absolute Gasteiger partial charge is 0.324 e. The summed E-state index contributed by atoms with van der Waals surface area (Å²) in [5, 5.41) is 12.3. The molecule has 3 heterocycles. The fraction of sp³-hybridized carbons (Fsp3) is 0.385. The van der Waals surface area contributed by atoms with E-state index in [1.165, 1.54) is 12.1 Å². The van der Waals surface area contributed by atoms with Crippen molar-refractivity contribution >= 4 is 22.6 Å². The van der Waals surface area contributed by atoms with Gasteiger partial charge in [0.2, 0.25) is 5.89 Å². The number of halogens is 3.